The number of anilines is 1. The van der Waals surface area contributed by atoms with Gasteiger partial charge < -0.3 is 15.7 Å². The van der Waals surface area contributed by atoms with Gasteiger partial charge in [0.05, 0.1) is 16.6 Å². The molecule has 1 aromatic carbocycles. The molecule has 2 atom stereocenters. The molecule has 2 rings (SSSR count). The van der Waals surface area contributed by atoms with Gasteiger partial charge in [0.15, 0.2) is 0 Å². The number of carbonyl (C=O) groups excluding carboxylic acids is 1. The van der Waals surface area contributed by atoms with E-state index in [4.69, 9.17) is 16.7 Å². The summed E-state index contributed by atoms with van der Waals surface area (Å²) < 4.78 is 0.828. The normalized spacial score (nSPS) is 21.0. The van der Waals surface area contributed by atoms with E-state index in [0.717, 1.165) is 17.3 Å². The maximum atomic E-state index is 11.8. The van der Waals surface area contributed by atoms with E-state index in [9.17, 15) is 9.59 Å². The van der Waals surface area contributed by atoms with Crippen LogP contribution in [-0.2, 0) is 4.79 Å². The number of aliphatic carboxylic acids is 1. The van der Waals surface area contributed by atoms with Gasteiger partial charge in [-0.1, -0.05) is 34.0 Å². The van der Waals surface area contributed by atoms with E-state index in [1.165, 1.54) is 0 Å². The molecule has 2 amide bonds. The first kappa shape index (κ1) is 16.1. The predicted molar refractivity (Wildman–Crippen MR) is 84.6 cm³/mol. The lowest BCUT2D eigenvalue weighted by Crippen LogP contribution is -2.35. The van der Waals surface area contributed by atoms with Crippen LogP contribution in [-0.4, -0.2) is 23.7 Å². The monoisotopic (exact) mass is 374 g/mol. The van der Waals surface area contributed by atoms with Crippen molar-refractivity contribution in [2.75, 3.05) is 11.9 Å². The Morgan fingerprint density at radius 2 is 2.14 bits per heavy atom. The summed E-state index contributed by atoms with van der Waals surface area (Å²) in [5, 5.41) is 14.9. The molecule has 1 fully saturated rings. The van der Waals surface area contributed by atoms with Crippen LogP contribution in [0.15, 0.2) is 22.7 Å². The first-order valence-electron chi connectivity index (χ1n) is 6.70. The fraction of sp³-hybridized carbons (Fsp3) is 0.429. The largest absolute Gasteiger partial charge is 0.481 e. The van der Waals surface area contributed by atoms with Gasteiger partial charge >= 0.3 is 12.0 Å². The van der Waals surface area contributed by atoms with E-state index in [1.807, 2.05) is 0 Å². The van der Waals surface area contributed by atoms with Crippen molar-refractivity contribution in [3.8, 4) is 0 Å². The minimum Gasteiger partial charge on any atom is -0.481 e. The van der Waals surface area contributed by atoms with Crippen molar-refractivity contribution in [2.45, 2.75) is 19.3 Å². The predicted octanol–water partition coefficient (Wildman–Crippen LogP) is 3.72. The van der Waals surface area contributed by atoms with Crippen molar-refractivity contribution in [2.24, 2.45) is 11.8 Å². The van der Waals surface area contributed by atoms with Crippen LogP contribution in [0.4, 0.5) is 10.5 Å². The molecule has 0 heterocycles. The van der Waals surface area contributed by atoms with Gasteiger partial charge in [0.2, 0.25) is 0 Å². The molecular formula is C14H16BrClN2O3. The minimum atomic E-state index is -0.782. The third-order valence-electron chi connectivity index (χ3n) is 3.68. The van der Waals surface area contributed by atoms with E-state index in [1.54, 1.807) is 18.2 Å². The zero-order valence-corrected chi connectivity index (χ0v) is 13.6. The molecule has 1 aliphatic carbocycles. The van der Waals surface area contributed by atoms with Crippen LogP contribution < -0.4 is 10.6 Å². The molecule has 0 aliphatic heterocycles. The van der Waals surface area contributed by atoms with Crippen LogP contribution >= 0.6 is 27.5 Å². The first-order valence-corrected chi connectivity index (χ1v) is 7.87. The number of carboxylic acids is 1. The molecule has 1 aromatic rings. The number of urea groups is 1. The molecule has 0 spiro atoms. The Kier molecular flexibility index (Phi) is 5.47. The zero-order chi connectivity index (χ0) is 15.4. The lowest BCUT2D eigenvalue weighted by molar-refractivity contribution is -0.142. The average molecular weight is 376 g/mol. The number of amides is 2. The highest BCUT2D eigenvalue weighted by atomic mass is 79.9. The third kappa shape index (κ3) is 4.35. The fourth-order valence-corrected chi connectivity index (χ4v) is 3.31. The van der Waals surface area contributed by atoms with E-state index >= 15 is 0 Å². The standard InChI is InChI=1S/C14H16BrClN2O3/c15-9-4-5-12(11(16)6-9)18-14(21)17-7-8-2-1-3-10(8)13(19)20/h4-6,8,10H,1-3,7H2,(H,19,20)(H2,17,18,21). The molecule has 0 saturated heterocycles. The van der Waals surface area contributed by atoms with Crippen LogP contribution in [0.25, 0.3) is 0 Å². The maximum Gasteiger partial charge on any atom is 0.319 e. The Morgan fingerprint density at radius 1 is 1.38 bits per heavy atom. The van der Waals surface area contributed by atoms with Gasteiger partial charge in [-0.05, 0) is 37.0 Å². The third-order valence-corrected chi connectivity index (χ3v) is 4.49. The lowest BCUT2D eigenvalue weighted by atomic mass is 9.96. The number of nitrogens with one attached hydrogen (secondary N) is 2. The van der Waals surface area contributed by atoms with Gasteiger partial charge in [-0.2, -0.15) is 0 Å². The first-order chi connectivity index (χ1) is 9.97. The number of carbonyl (C=O) groups is 2. The van der Waals surface area contributed by atoms with Gasteiger partial charge in [-0.3, -0.25) is 4.79 Å². The second-order valence-corrected chi connectivity index (χ2v) is 6.42. The van der Waals surface area contributed by atoms with Crippen molar-refractivity contribution >= 4 is 45.2 Å². The van der Waals surface area contributed by atoms with Crippen molar-refractivity contribution in [1.82, 2.24) is 5.32 Å². The van der Waals surface area contributed by atoms with Gasteiger partial charge in [0.1, 0.15) is 0 Å². The van der Waals surface area contributed by atoms with E-state index in [-0.39, 0.29) is 17.9 Å². The molecule has 7 heteroatoms. The number of carboxylic acid groups (broad SMARTS) is 1. The van der Waals surface area contributed by atoms with Crippen molar-refractivity contribution < 1.29 is 14.7 Å². The molecule has 3 N–H and O–H groups in total. The number of benzene rings is 1. The number of hydrogen-bond acceptors (Lipinski definition) is 2. The smallest absolute Gasteiger partial charge is 0.319 e. The molecule has 0 bridgehead atoms. The summed E-state index contributed by atoms with van der Waals surface area (Å²) in [6.07, 6.45) is 2.40. The Hall–Kier alpha value is -1.27. The summed E-state index contributed by atoms with van der Waals surface area (Å²) in [6.45, 7) is 0.358. The summed E-state index contributed by atoms with van der Waals surface area (Å²) in [4.78, 5) is 22.9. The summed E-state index contributed by atoms with van der Waals surface area (Å²) in [5.74, 6) is -1.15. The summed E-state index contributed by atoms with van der Waals surface area (Å²) >= 11 is 9.31. The Labute approximate surface area is 136 Å². The SMILES string of the molecule is O=C(NCC1CCCC1C(=O)O)Nc1ccc(Br)cc1Cl. The molecule has 1 saturated carbocycles. The van der Waals surface area contributed by atoms with Gasteiger partial charge in [0.25, 0.3) is 0 Å². The molecule has 1 aliphatic rings. The van der Waals surface area contributed by atoms with Crippen molar-refractivity contribution in [3.63, 3.8) is 0 Å². The lowest BCUT2D eigenvalue weighted by Gasteiger charge is -2.16. The van der Waals surface area contributed by atoms with Crippen LogP contribution in [0.5, 0.6) is 0 Å². The zero-order valence-electron chi connectivity index (χ0n) is 11.2. The number of rotatable bonds is 4. The quantitative estimate of drug-likeness (QED) is 0.750. The van der Waals surface area contributed by atoms with Gasteiger partial charge in [-0.15, -0.1) is 0 Å². The second kappa shape index (κ2) is 7.13. The van der Waals surface area contributed by atoms with Crippen LogP contribution in [0.2, 0.25) is 5.02 Å². The molecular weight excluding hydrogens is 360 g/mol. The molecule has 2 unspecified atom stereocenters. The Balaban J connectivity index is 1.86. The Morgan fingerprint density at radius 3 is 2.81 bits per heavy atom. The number of halogens is 2. The number of hydrogen-bond donors (Lipinski definition) is 3. The van der Waals surface area contributed by atoms with Crippen LogP contribution in [0, 0.1) is 11.8 Å². The average Bonchev–Trinajstić information content (AvgIpc) is 2.88. The van der Waals surface area contributed by atoms with Crippen molar-refractivity contribution in [1.29, 1.82) is 0 Å². The minimum absolute atomic E-state index is 0.00589. The summed E-state index contributed by atoms with van der Waals surface area (Å²) in [7, 11) is 0. The van der Waals surface area contributed by atoms with Crippen LogP contribution in [0.3, 0.4) is 0 Å². The molecule has 0 radical (unpaired) electrons. The molecule has 114 valence electrons. The maximum absolute atomic E-state index is 11.8. The van der Waals surface area contributed by atoms with Gasteiger partial charge in [-0.25, -0.2) is 4.79 Å². The molecule has 0 aromatic heterocycles. The molecule has 5 nitrogen and oxygen atoms in total. The highest BCUT2D eigenvalue weighted by Gasteiger charge is 2.32. The highest BCUT2D eigenvalue weighted by molar-refractivity contribution is 9.10. The van der Waals surface area contributed by atoms with Gasteiger partial charge in [0, 0.05) is 11.0 Å². The summed E-state index contributed by atoms with van der Waals surface area (Å²) in [5.41, 5.74) is 0.513. The van der Waals surface area contributed by atoms with Crippen molar-refractivity contribution in [3.05, 3.63) is 27.7 Å². The van der Waals surface area contributed by atoms with E-state index < -0.39 is 5.97 Å². The molecule has 21 heavy (non-hydrogen) atoms. The Bertz CT molecular complexity index is 553. The topological polar surface area (TPSA) is 78.4 Å². The summed E-state index contributed by atoms with van der Waals surface area (Å²) in [6, 6.07) is 4.78. The fourth-order valence-electron chi connectivity index (χ4n) is 2.59. The van der Waals surface area contributed by atoms with E-state index in [2.05, 4.69) is 26.6 Å². The second-order valence-electron chi connectivity index (χ2n) is 5.09. The highest BCUT2D eigenvalue weighted by Crippen LogP contribution is 2.31. The van der Waals surface area contributed by atoms with E-state index in [0.29, 0.717) is 23.7 Å². The van der Waals surface area contributed by atoms with Crippen LogP contribution in [0.1, 0.15) is 19.3 Å².